The maximum atomic E-state index is 11.2. The van der Waals surface area contributed by atoms with Crippen LogP contribution in [0.2, 0.25) is 0 Å². The van der Waals surface area contributed by atoms with Crippen molar-refractivity contribution in [2.24, 2.45) is 0 Å². The zero-order valence-corrected chi connectivity index (χ0v) is 15.0. The van der Waals surface area contributed by atoms with Crippen molar-refractivity contribution < 1.29 is 19.4 Å². The highest BCUT2D eigenvalue weighted by molar-refractivity contribution is 5.91. The summed E-state index contributed by atoms with van der Waals surface area (Å²) in [7, 11) is 1.46. The van der Waals surface area contributed by atoms with Gasteiger partial charge in [-0.1, -0.05) is 66.7 Å². The Balaban J connectivity index is 1.78. The molecule has 3 rings (SSSR count). The van der Waals surface area contributed by atoms with Gasteiger partial charge in [0.1, 0.15) is 23.7 Å². The van der Waals surface area contributed by atoms with E-state index in [1.165, 1.54) is 7.11 Å². The third kappa shape index (κ3) is 4.76. The summed E-state index contributed by atoms with van der Waals surface area (Å²) in [5.74, 6) is 0.104. The number of aromatic carboxylic acids is 1. The minimum Gasteiger partial charge on any atom is -0.496 e. The molecule has 0 fully saturated rings. The van der Waals surface area contributed by atoms with Gasteiger partial charge >= 0.3 is 5.97 Å². The van der Waals surface area contributed by atoms with Gasteiger partial charge in [0.25, 0.3) is 0 Å². The Morgan fingerprint density at radius 2 is 1.67 bits per heavy atom. The van der Waals surface area contributed by atoms with Gasteiger partial charge in [-0.15, -0.1) is 0 Å². The Morgan fingerprint density at radius 1 is 0.926 bits per heavy atom. The molecule has 27 heavy (non-hydrogen) atoms. The molecule has 1 N–H and O–H groups in total. The number of carbonyl (C=O) groups is 1. The molecular weight excluding hydrogens is 340 g/mol. The Kier molecular flexibility index (Phi) is 5.90. The summed E-state index contributed by atoms with van der Waals surface area (Å²) < 4.78 is 11.1. The van der Waals surface area contributed by atoms with Gasteiger partial charge < -0.3 is 14.6 Å². The standard InChI is InChI=1S/C23H20O4/c1-26-22-15-17(12-14-20(22)23(24)25)11-13-19-9-5-6-10-21(19)27-16-18-7-3-2-4-8-18/h2-15H,16H2,1H3,(H,24,25). The van der Waals surface area contributed by atoms with Crippen molar-refractivity contribution in [3.63, 3.8) is 0 Å². The lowest BCUT2D eigenvalue weighted by atomic mass is 10.1. The van der Waals surface area contributed by atoms with Crippen LogP contribution in [0, 0.1) is 0 Å². The molecule has 4 nitrogen and oxygen atoms in total. The predicted octanol–water partition coefficient (Wildman–Crippen LogP) is 5.14. The molecule has 0 heterocycles. The van der Waals surface area contributed by atoms with Crippen molar-refractivity contribution in [3.8, 4) is 11.5 Å². The van der Waals surface area contributed by atoms with Gasteiger partial charge in [-0.3, -0.25) is 0 Å². The SMILES string of the molecule is COc1cc(C=Cc2ccccc2OCc2ccccc2)ccc1C(=O)O. The monoisotopic (exact) mass is 360 g/mol. The first-order valence-electron chi connectivity index (χ1n) is 8.52. The second-order valence-corrected chi connectivity index (χ2v) is 5.91. The fourth-order valence-corrected chi connectivity index (χ4v) is 2.66. The van der Waals surface area contributed by atoms with Gasteiger partial charge in [0.05, 0.1) is 7.11 Å². The number of carboxylic acids is 1. The lowest BCUT2D eigenvalue weighted by molar-refractivity contribution is 0.0693. The first-order valence-corrected chi connectivity index (χ1v) is 8.52. The van der Waals surface area contributed by atoms with E-state index in [9.17, 15) is 9.90 Å². The minimum atomic E-state index is -1.01. The predicted molar refractivity (Wildman–Crippen MR) is 106 cm³/mol. The molecule has 0 aliphatic rings. The number of hydrogen-bond donors (Lipinski definition) is 1. The van der Waals surface area contributed by atoms with Crippen LogP contribution in [0.5, 0.6) is 11.5 Å². The van der Waals surface area contributed by atoms with Gasteiger partial charge in [0.2, 0.25) is 0 Å². The molecule has 0 saturated heterocycles. The molecule has 3 aromatic rings. The molecule has 0 aromatic heterocycles. The van der Waals surface area contributed by atoms with E-state index in [0.29, 0.717) is 12.4 Å². The van der Waals surface area contributed by atoms with Gasteiger partial charge in [-0.25, -0.2) is 4.79 Å². The maximum Gasteiger partial charge on any atom is 0.339 e. The maximum absolute atomic E-state index is 11.2. The van der Waals surface area contributed by atoms with Gasteiger partial charge in [0, 0.05) is 5.56 Å². The number of hydrogen-bond acceptors (Lipinski definition) is 3. The number of carboxylic acid groups (broad SMARTS) is 1. The van der Waals surface area contributed by atoms with Gasteiger partial charge in [-0.05, 0) is 29.3 Å². The van der Waals surface area contributed by atoms with Crippen LogP contribution >= 0.6 is 0 Å². The van der Waals surface area contributed by atoms with Crippen molar-refractivity contribution >= 4 is 18.1 Å². The molecule has 0 radical (unpaired) electrons. The molecule has 136 valence electrons. The summed E-state index contributed by atoms with van der Waals surface area (Å²) in [6.45, 7) is 0.493. The highest BCUT2D eigenvalue weighted by atomic mass is 16.5. The lowest BCUT2D eigenvalue weighted by Crippen LogP contribution is -2.00. The average molecular weight is 360 g/mol. The third-order valence-corrected chi connectivity index (χ3v) is 4.07. The number of rotatable bonds is 7. The van der Waals surface area contributed by atoms with Crippen LogP contribution in [0.1, 0.15) is 27.0 Å². The number of methoxy groups -OCH3 is 1. The first-order chi connectivity index (χ1) is 13.2. The van der Waals surface area contributed by atoms with E-state index in [0.717, 1.165) is 22.4 Å². The summed E-state index contributed by atoms with van der Waals surface area (Å²) >= 11 is 0. The van der Waals surface area contributed by atoms with E-state index < -0.39 is 5.97 Å². The van der Waals surface area contributed by atoms with E-state index in [1.807, 2.05) is 66.7 Å². The van der Waals surface area contributed by atoms with Crippen LogP contribution in [-0.2, 0) is 6.61 Å². The van der Waals surface area contributed by atoms with Gasteiger partial charge in [-0.2, -0.15) is 0 Å². The van der Waals surface area contributed by atoms with Crippen LogP contribution < -0.4 is 9.47 Å². The van der Waals surface area contributed by atoms with Crippen molar-refractivity contribution in [2.75, 3.05) is 7.11 Å². The van der Waals surface area contributed by atoms with Crippen LogP contribution in [0.3, 0.4) is 0 Å². The fourth-order valence-electron chi connectivity index (χ4n) is 2.66. The quantitative estimate of drug-likeness (QED) is 0.593. The normalized spacial score (nSPS) is 10.7. The number of ether oxygens (including phenoxy) is 2. The van der Waals surface area contributed by atoms with Crippen LogP contribution in [0.15, 0.2) is 72.8 Å². The summed E-state index contributed by atoms with van der Waals surface area (Å²) in [6.07, 6.45) is 3.84. The highest BCUT2D eigenvalue weighted by Crippen LogP contribution is 2.24. The van der Waals surface area contributed by atoms with Crippen molar-refractivity contribution in [3.05, 3.63) is 95.1 Å². The second-order valence-electron chi connectivity index (χ2n) is 5.91. The molecule has 3 aromatic carbocycles. The topological polar surface area (TPSA) is 55.8 Å². The molecule has 0 saturated carbocycles. The van der Waals surface area contributed by atoms with E-state index in [4.69, 9.17) is 9.47 Å². The fraction of sp³-hybridized carbons (Fsp3) is 0.0870. The second kappa shape index (κ2) is 8.72. The van der Waals surface area contributed by atoms with Crippen molar-refractivity contribution in [2.45, 2.75) is 6.61 Å². The number of benzene rings is 3. The minimum absolute atomic E-state index is 0.140. The molecular formula is C23H20O4. The molecule has 0 spiro atoms. The Morgan fingerprint density at radius 3 is 2.41 bits per heavy atom. The molecule has 0 amide bonds. The van der Waals surface area contributed by atoms with E-state index in [1.54, 1.807) is 18.2 Å². The van der Waals surface area contributed by atoms with Crippen LogP contribution in [0.25, 0.3) is 12.2 Å². The van der Waals surface area contributed by atoms with E-state index >= 15 is 0 Å². The molecule has 0 unspecified atom stereocenters. The Labute approximate surface area is 158 Å². The smallest absolute Gasteiger partial charge is 0.339 e. The van der Waals surface area contributed by atoms with Gasteiger partial charge in [0.15, 0.2) is 0 Å². The van der Waals surface area contributed by atoms with Crippen molar-refractivity contribution in [1.29, 1.82) is 0 Å². The lowest BCUT2D eigenvalue weighted by Gasteiger charge is -2.09. The average Bonchev–Trinajstić information content (AvgIpc) is 2.71. The molecule has 0 bridgehead atoms. The van der Waals surface area contributed by atoms with Crippen LogP contribution in [-0.4, -0.2) is 18.2 Å². The first kappa shape index (κ1) is 18.3. The van der Waals surface area contributed by atoms with Crippen LogP contribution in [0.4, 0.5) is 0 Å². The molecule has 4 heteroatoms. The zero-order chi connectivity index (χ0) is 19.1. The Bertz CT molecular complexity index is 946. The van der Waals surface area contributed by atoms with E-state index in [2.05, 4.69) is 0 Å². The summed E-state index contributed by atoms with van der Waals surface area (Å²) in [6, 6.07) is 22.8. The number of para-hydroxylation sites is 1. The molecule has 0 atom stereocenters. The summed E-state index contributed by atoms with van der Waals surface area (Å²) in [5, 5.41) is 9.17. The van der Waals surface area contributed by atoms with Crippen molar-refractivity contribution in [1.82, 2.24) is 0 Å². The zero-order valence-electron chi connectivity index (χ0n) is 15.0. The summed E-state index contributed by atoms with van der Waals surface area (Å²) in [5.41, 5.74) is 3.02. The third-order valence-electron chi connectivity index (χ3n) is 4.07. The molecule has 0 aliphatic carbocycles. The summed E-state index contributed by atoms with van der Waals surface area (Å²) in [4.78, 5) is 11.2. The molecule has 0 aliphatic heterocycles. The Hall–Kier alpha value is -3.53. The largest absolute Gasteiger partial charge is 0.496 e. The van der Waals surface area contributed by atoms with E-state index in [-0.39, 0.29) is 5.56 Å². The highest BCUT2D eigenvalue weighted by Gasteiger charge is 2.10.